The highest BCUT2D eigenvalue weighted by Crippen LogP contribution is 2.31. The van der Waals surface area contributed by atoms with Crippen LogP contribution in [0, 0.1) is 20.8 Å². The van der Waals surface area contributed by atoms with Crippen LogP contribution >= 0.6 is 11.8 Å². The molecule has 3 aromatic rings. The van der Waals surface area contributed by atoms with E-state index in [1.165, 1.54) is 33.8 Å². The molecule has 1 amide bonds. The first-order chi connectivity index (χ1) is 12.5. The van der Waals surface area contributed by atoms with Crippen LogP contribution in [0.4, 0.5) is 0 Å². The highest BCUT2D eigenvalue weighted by molar-refractivity contribution is 8.00. The van der Waals surface area contributed by atoms with Crippen LogP contribution in [0.15, 0.2) is 23.4 Å². The van der Waals surface area contributed by atoms with E-state index in [1.807, 2.05) is 11.8 Å². The molecule has 0 spiro atoms. The Balaban J connectivity index is 1.79. The lowest BCUT2D eigenvalue weighted by atomic mass is 10.0. The van der Waals surface area contributed by atoms with Crippen LogP contribution in [-0.4, -0.2) is 43.7 Å². The number of fused-ring (bicyclic) bond motifs is 3. The van der Waals surface area contributed by atoms with E-state index in [1.54, 1.807) is 0 Å². The number of carbonyl (C=O) groups excluding carboxylic acids is 1. The lowest BCUT2D eigenvalue weighted by molar-refractivity contribution is -0.129. The Morgan fingerprint density at radius 1 is 1.08 bits per heavy atom. The lowest BCUT2D eigenvalue weighted by Crippen LogP contribution is -2.34. The molecule has 1 saturated heterocycles. The SMILES string of the molecule is Cc1cc(C)c2c(c1)c(C)cc1nnc(SC(C)C(=O)N3CCCC3)n12. The molecule has 1 aliphatic heterocycles. The number of nitrogens with zero attached hydrogens (tertiary/aromatic N) is 4. The molecule has 5 nitrogen and oxygen atoms in total. The smallest absolute Gasteiger partial charge is 0.235 e. The zero-order chi connectivity index (χ0) is 18.4. The molecule has 0 bridgehead atoms. The molecular formula is C20H24N4OS. The van der Waals surface area contributed by atoms with Gasteiger partial charge in [-0.1, -0.05) is 23.4 Å². The average Bonchev–Trinajstić information content (AvgIpc) is 3.25. The fourth-order valence-corrected chi connectivity index (χ4v) is 4.84. The topological polar surface area (TPSA) is 50.5 Å². The molecule has 1 atom stereocenters. The number of likely N-dealkylation sites (tertiary alicyclic amines) is 1. The first kappa shape index (κ1) is 17.3. The van der Waals surface area contributed by atoms with Crippen LogP contribution < -0.4 is 0 Å². The van der Waals surface area contributed by atoms with Crippen LogP contribution in [0.3, 0.4) is 0 Å². The minimum absolute atomic E-state index is 0.164. The molecule has 2 aromatic heterocycles. The second kappa shape index (κ2) is 6.58. The predicted octanol–water partition coefficient (Wildman–Crippen LogP) is 3.91. The highest BCUT2D eigenvalue weighted by atomic mass is 32.2. The van der Waals surface area contributed by atoms with E-state index in [0.29, 0.717) is 0 Å². The van der Waals surface area contributed by atoms with Gasteiger partial charge in [0.25, 0.3) is 0 Å². The van der Waals surface area contributed by atoms with Crippen molar-refractivity contribution in [3.05, 3.63) is 34.9 Å². The molecule has 0 aliphatic carbocycles. The Morgan fingerprint density at radius 2 is 1.81 bits per heavy atom. The maximum atomic E-state index is 12.7. The average molecular weight is 369 g/mol. The summed E-state index contributed by atoms with van der Waals surface area (Å²) in [5, 5.41) is 10.6. The van der Waals surface area contributed by atoms with Crippen LogP contribution in [0.5, 0.6) is 0 Å². The van der Waals surface area contributed by atoms with Crippen molar-refractivity contribution < 1.29 is 4.79 Å². The van der Waals surface area contributed by atoms with Crippen LogP contribution in [0.1, 0.15) is 36.5 Å². The summed E-state index contributed by atoms with van der Waals surface area (Å²) in [5.74, 6) is 0.202. The molecular weight excluding hydrogens is 344 g/mol. The molecule has 4 rings (SSSR count). The van der Waals surface area contributed by atoms with Gasteiger partial charge in [-0.15, -0.1) is 10.2 Å². The van der Waals surface area contributed by atoms with Gasteiger partial charge in [-0.05, 0) is 63.8 Å². The highest BCUT2D eigenvalue weighted by Gasteiger charge is 2.26. The fourth-order valence-electron chi connectivity index (χ4n) is 3.89. The lowest BCUT2D eigenvalue weighted by Gasteiger charge is -2.19. The molecule has 136 valence electrons. The molecule has 1 aromatic carbocycles. The van der Waals surface area contributed by atoms with Crippen molar-refractivity contribution in [1.29, 1.82) is 0 Å². The van der Waals surface area contributed by atoms with Crippen LogP contribution in [0.2, 0.25) is 0 Å². The van der Waals surface area contributed by atoms with Crippen molar-refractivity contribution in [2.24, 2.45) is 0 Å². The number of aryl methyl sites for hydroxylation is 3. The third-order valence-electron chi connectivity index (χ3n) is 5.14. The monoisotopic (exact) mass is 368 g/mol. The number of rotatable bonds is 3. The third-order valence-corrected chi connectivity index (χ3v) is 6.18. The number of aromatic nitrogens is 3. The summed E-state index contributed by atoms with van der Waals surface area (Å²) in [7, 11) is 0. The third kappa shape index (κ3) is 2.86. The Labute approximate surface area is 157 Å². The standard InChI is InChI=1S/C20H24N4OS/c1-12-9-14(3)18-16(10-12)13(2)11-17-21-22-20(24(17)18)26-15(4)19(25)23-7-5-6-8-23/h9-11,15H,5-8H2,1-4H3. The van der Waals surface area contributed by atoms with Gasteiger partial charge in [0.2, 0.25) is 5.91 Å². The van der Waals surface area contributed by atoms with Gasteiger partial charge < -0.3 is 4.90 Å². The van der Waals surface area contributed by atoms with Gasteiger partial charge in [-0.2, -0.15) is 0 Å². The summed E-state index contributed by atoms with van der Waals surface area (Å²) in [6.45, 7) is 10.1. The van der Waals surface area contributed by atoms with E-state index in [0.717, 1.165) is 42.3 Å². The van der Waals surface area contributed by atoms with E-state index >= 15 is 0 Å². The molecule has 0 saturated carbocycles. The van der Waals surface area contributed by atoms with Gasteiger partial charge in [0.1, 0.15) is 0 Å². The second-order valence-corrected chi connectivity index (χ2v) is 8.58. The van der Waals surface area contributed by atoms with Gasteiger partial charge in [0.05, 0.1) is 10.8 Å². The quantitative estimate of drug-likeness (QED) is 0.658. The normalized spacial score (nSPS) is 15.9. The number of carbonyl (C=O) groups is 1. The Hall–Kier alpha value is -2.08. The predicted molar refractivity (Wildman–Crippen MR) is 106 cm³/mol. The first-order valence-corrected chi connectivity index (χ1v) is 10.0. The minimum Gasteiger partial charge on any atom is -0.342 e. The van der Waals surface area contributed by atoms with Gasteiger partial charge in [-0.25, -0.2) is 0 Å². The number of pyridine rings is 1. The maximum absolute atomic E-state index is 12.7. The minimum atomic E-state index is -0.164. The maximum Gasteiger partial charge on any atom is 0.235 e. The van der Waals surface area contributed by atoms with E-state index in [9.17, 15) is 4.79 Å². The van der Waals surface area contributed by atoms with Crippen molar-refractivity contribution in [3.63, 3.8) is 0 Å². The Morgan fingerprint density at radius 3 is 2.54 bits per heavy atom. The van der Waals surface area contributed by atoms with E-state index < -0.39 is 0 Å². The van der Waals surface area contributed by atoms with Gasteiger partial charge in [-0.3, -0.25) is 9.20 Å². The molecule has 1 fully saturated rings. The summed E-state index contributed by atoms with van der Waals surface area (Å²) in [6.07, 6.45) is 2.22. The van der Waals surface area contributed by atoms with E-state index in [-0.39, 0.29) is 11.2 Å². The van der Waals surface area contributed by atoms with Gasteiger partial charge in [0.15, 0.2) is 10.8 Å². The molecule has 1 unspecified atom stereocenters. The van der Waals surface area contributed by atoms with Crippen molar-refractivity contribution in [2.45, 2.75) is 50.9 Å². The van der Waals surface area contributed by atoms with Gasteiger partial charge >= 0.3 is 0 Å². The first-order valence-electron chi connectivity index (χ1n) is 9.17. The van der Waals surface area contributed by atoms with Crippen LogP contribution in [0.25, 0.3) is 16.6 Å². The largest absolute Gasteiger partial charge is 0.342 e. The van der Waals surface area contributed by atoms with E-state index in [2.05, 4.69) is 53.6 Å². The fraction of sp³-hybridized carbons (Fsp3) is 0.450. The summed E-state index contributed by atoms with van der Waals surface area (Å²) in [4.78, 5) is 14.7. The Kier molecular flexibility index (Phi) is 4.39. The van der Waals surface area contributed by atoms with Crippen molar-refractivity contribution in [2.75, 3.05) is 13.1 Å². The number of amides is 1. The van der Waals surface area contributed by atoms with Crippen molar-refractivity contribution in [1.82, 2.24) is 19.5 Å². The zero-order valence-corrected chi connectivity index (χ0v) is 16.6. The number of hydrogen-bond donors (Lipinski definition) is 0. The van der Waals surface area contributed by atoms with Crippen LogP contribution in [-0.2, 0) is 4.79 Å². The van der Waals surface area contributed by atoms with E-state index in [4.69, 9.17) is 0 Å². The zero-order valence-electron chi connectivity index (χ0n) is 15.7. The summed E-state index contributed by atoms with van der Waals surface area (Å²) < 4.78 is 2.11. The molecule has 0 N–H and O–H groups in total. The number of benzene rings is 1. The molecule has 3 heterocycles. The number of thioether (sulfide) groups is 1. The van der Waals surface area contributed by atoms with Gasteiger partial charge in [0, 0.05) is 18.5 Å². The molecule has 0 radical (unpaired) electrons. The second-order valence-electron chi connectivity index (χ2n) is 7.27. The van der Waals surface area contributed by atoms with Crippen molar-refractivity contribution >= 4 is 34.2 Å². The molecule has 26 heavy (non-hydrogen) atoms. The van der Waals surface area contributed by atoms with Crippen molar-refractivity contribution in [3.8, 4) is 0 Å². The Bertz CT molecular complexity index is 1000. The molecule has 6 heteroatoms. The number of hydrogen-bond acceptors (Lipinski definition) is 4. The summed E-state index contributed by atoms with van der Waals surface area (Å²) in [5.41, 5.74) is 5.62. The summed E-state index contributed by atoms with van der Waals surface area (Å²) in [6, 6.07) is 6.48. The summed E-state index contributed by atoms with van der Waals surface area (Å²) >= 11 is 1.51. The molecule has 1 aliphatic rings.